The summed E-state index contributed by atoms with van der Waals surface area (Å²) in [5.41, 5.74) is -0.703. The van der Waals surface area contributed by atoms with Gasteiger partial charge in [-0.25, -0.2) is 4.79 Å². The van der Waals surface area contributed by atoms with Gasteiger partial charge in [-0.1, -0.05) is 0 Å². The number of ether oxygens (including phenoxy) is 2. The van der Waals surface area contributed by atoms with Crippen molar-refractivity contribution in [1.29, 1.82) is 0 Å². The number of hydrogen-bond donors (Lipinski definition) is 1. The number of benzene rings is 1. The smallest absolute Gasteiger partial charge is 0.326 e. The Bertz CT molecular complexity index is 726. The molecular formula is C18H22N2O6. The summed E-state index contributed by atoms with van der Waals surface area (Å²) < 4.78 is 10.4. The predicted molar refractivity (Wildman–Crippen MR) is 91.8 cm³/mol. The molecule has 0 aliphatic carbocycles. The summed E-state index contributed by atoms with van der Waals surface area (Å²) in [5.74, 6) is -1.11. The lowest BCUT2D eigenvalue weighted by Gasteiger charge is -2.17. The lowest BCUT2D eigenvalue weighted by atomic mass is 10.1. The van der Waals surface area contributed by atoms with Gasteiger partial charge < -0.3 is 14.8 Å². The third kappa shape index (κ3) is 4.19. The molecule has 8 nitrogen and oxygen atoms in total. The van der Waals surface area contributed by atoms with Crippen LogP contribution in [0.3, 0.4) is 0 Å². The Morgan fingerprint density at radius 3 is 2.31 bits per heavy atom. The second kappa shape index (κ2) is 7.55. The van der Waals surface area contributed by atoms with Gasteiger partial charge in [0.1, 0.15) is 17.8 Å². The molecule has 1 aromatic rings. The number of carbonyl (C=O) groups is 4. The first-order valence-electron chi connectivity index (χ1n) is 8.26. The van der Waals surface area contributed by atoms with Gasteiger partial charge >= 0.3 is 12.0 Å². The zero-order valence-electron chi connectivity index (χ0n) is 15.2. The number of ketones is 1. The van der Waals surface area contributed by atoms with Crippen molar-refractivity contribution in [2.45, 2.75) is 39.3 Å². The Hall–Kier alpha value is -2.90. The molecule has 1 heterocycles. The molecule has 140 valence electrons. The van der Waals surface area contributed by atoms with Gasteiger partial charge in [0.15, 0.2) is 6.10 Å². The van der Waals surface area contributed by atoms with Crippen LogP contribution in [0.2, 0.25) is 0 Å². The molecule has 2 rings (SSSR count). The van der Waals surface area contributed by atoms with Gasteiger partial charge in [0.2, 0.25) is 5.78 Å². The Kier molecular flexibility index (Phi) is 5.64. The first kappa shape index (κ1) is 19.4. The van der Waals surface area contributed by atoms with Crippen LogP contribution >= 0.6 is 0 Å². The van der Waals surface area contributed by atoms with Gasteiger partial charge in [0.25, 0.3) is 5.91 Å². The van der Waals surface area contributed by atoms with E-state index in [2.05, 4.69) is 5.32 Å². The standard InChI is InChI=1S/C18H22N2O6/c1-5-25-13-8-6-12(7-9-13)15(22)11(2)26-14(21)10-20-16(23)18(3,4)19-17(20)24/h6-9,11H,5,10H2,1-4H3,(H,19,24)/t11-/m0/s1. The fraction of sp³-hybridized carbons (Fsp3) is 0.444. The van der Waals surface area contributed by atoms with Crippen molar-refractivity contribution in [2.24, 2.45) is 0 Å². The summed E-state index contributed by atoms with van der Waals surface area (Å²) in [6, 6.07) is 5.80. The average molecular weight is 362 g/mol. The van der Waals surface area contributed by atoms with Crippen LogP contribution in [0.4, 0.5) is 4.79 Å². The number of Topliss-reactive ketones (excluding diaryl/α,β-unsaturated/α-hetero) is 1. The number of hydrogen-bond acceptors (Lipinski definition) is 6. The summed E-state index contributed by atoms with van der Waals surface area (Å²) in [4.78, 5) is 49.0. The molecule has 0 saturated carbocycles. The predicted octanol–water partition coefficient (Wildman–Crippen LogP) is 1.53. The van der Waals surface area contributed by atoms with Gasteiger partial charge in [-0.05, 0) is 52.0 Å². The van der Waals surface area contributed by atoms with E-state index in [-0.39, 0.29) is 5.78 Å². The minimum atomic E-state index is -1.07. The summed E-state index contributed by atoms with van der Waals surface area (Å²) in [7, 11) is 0. The highest BCUT2D eigenvalue weighted by molar-refractivity contribution is 6.08. The van der Waals surface area contributed by atoms with Crippen molar-refractivity contribution in [2.75, 3.05) is 13.2 Å². The molecule has 1 N–H and O–H groups in total. The minimum Gasteiger partial charge on any atom is -0.494 e. The lowest BCUT2D eigenvalue weighted by molar-refractivity contribution is -0.149. The molecule has 0 unspecified atom stereocenters. The Balaban J connectivity index is 1.95. The van der Waals surface area contributed by atoms with Crippen molar-refractivity contribution in [3.63, 3.8) is 0 Å². The van der Waals surface area contributed by atoms with Gasteiger partial charge in [0.05, 0.1) is 6.61 Å². The molecule has 1 fully saturated rings. The molecule has 0 spiro atoms. The van der Waals surface area contributed by atoms with Crippen molar-refractivity contribution in [3.8, 4) is 5.75 Å². The third-order valence-electron chi connectivity index (χ3n) is 3.86. The third-order valence-corrected chi connectivity index (χ3v) is 3.86. The van der Waals surface area contributed by atoms with E-state index in [0.29, 0.717) is 17.9 Å². The normalized spacial score (nSPS) is 16.8. The van der Waals surface area contributed by atoms with E-state index in [1.165, 1.54) is 20.8 Å². The Labute approximate surface area is 151 Å². The highest BCUT2D eigenvalue weighted by Crippen LogP contribution is 2.17. The number of imide groups is 1. The van der Waals surface area contributed by atoms with E-state index < -0.39 is 36.1 Å². The van der Waals surface area contributed by atoms with Crippen LogP contribution < -0.4 is 10.1 Å². The van der Waals surface area contributed by atoms with E-state index in [1.807, 2.05) is 6.92 Å². The van der Waals surface area contributed by atoms with Crippen molar-refractivity contribution in [1.82, 2.24) is 10.2 Å². The molecular weight excluding hydrogens is 340 g/mol. The van der Waals surface area contributed by atoms with Gasteiger partial charge in [-0.15, -0.1) is 0 Å². The molecule has 0 bridgehead atoms. The van der Waals surface area contributed by atoms with Crippen molar-refractivity contribution < 1.29 is 28.7 Å². The molecule has 0 aromatic heterocycles. The maximum absolute atomic E-state index is 12.3. The topological polar surface area (TPSA) is 102 Å². The van der Waals surface area contributed by atoms with Crippen LogP contribution in [0.15, 0.2) is 24.3 Å². The molecule has 1 saturated heterocycles. The second-order valence-electron chi connectivity index (χ2n) is 6.40. The number of carbonyl (C=O) groups excluding carboxylic acids is 4. The lowest BCUT2D eigenvalue weighted by Crippen LogP contribution is -2.41. The van der Waals surface area contributed by atoms with Gasteiger partial charge in [-0.3, -0.25) is 19.3 Å². The zero-order valence-corrected chi connectivity index (χ0v) is 15.2. The molecule has 1 aromatic carbocycles. The summed E-state index contributed by atoms with van der Waals surface area (Å²) >= 11 is 0. The summed E-state index contributed by atoms with van der Waals surface area (Å²) in [6.45, 7) is 6.34. The number of nitrogens with zero attached hydrogens (tertiary/aromatic N) is 1. The van der Waals surface area contributed by atoms with Crippen LogP contribution in [-0.4, -0.2) is 53.4 Å². The molecule has 1 atom stereocenters. The summed E-state index contributed by atoms with van der Waals surface area (Å²) in [6.07, 6.45) is -1.05. The Morgan fingerprint density at radius 1 is 1.19 bits per heavy atom. The van der Waals surface area contributed by atoms with E-state index >= 15 is 0 Å². The van der Waals surface area contributed by atoms with E-state index in [0.717, 1.165) is 4.90 Å². The quantitative estimate of drug-likeness (QED) is 0.448. The fourth-order valence-electron chi connectivity index (χ4n) is 2.50. The van der Waals surface area contributed by atoms with Crippen molar-refractivity contribution in [3.05, 3.63) is 29.8 Å². The van der Waals surface area contributed by atoms with Crippen LogP contribution in [-0.2, 0) is 14.3 Å². The number of esters is 1. The van der Waals surface area contributed by atoms with E-state index in [4.69, 9.17) is 9.47 Å². The van der Waals surface area contributed by atoms with E-state index in [9.17, 15) is 19.2 Å². The number of rotatable bonds is 7. The second-order valence-corrected chi connectivity index (χ2v) is 6.40. The highest BCUT2D eigenvalue weighted by atomic mass is 16.5. The zero-order chi connectivity index (χ0) is 19.5. The first-order chi connectivity index (χ1) is 12.2. The number of urea groups is 1. The number of nitrogens with one attached hydrogen (secondary N) is 1. The molecule has 8 heteroatoms. The summed E-state index contributed by atoms with van der Waals surface area (Å²) in [5, 5.41) is 2.47. The maximum Gasteiger partial charge on any atom is 0.326 e. The molecule has 3 amide bonds. The maximum atomic E-state index is 12.3. The first-order valence-corrected chi connectivity index (χ1v) is 8.26. The van der Waals surface area contributed by atoms with Crippen LogP contribution in [0.1, 0.15) is 38.1 Å². The number of amides is 3. The van der Waals surface area contributed by atoms with E-state index in [1.54, 1.807) is 24.3 Å². The van der Waals surface area contributed by atoms with Crippen LogP contribution in [0.5, 0.6) is 5.75 Å². The molecule has 26 heavy (non-hydrogen) atoms. The molecule has 1 aliphatic heterocycles. The van der Waals surface area contributed by atoms with Crippen LogP contribution in [0, 0.1) is 0 Å². The van der Waals surface area contributed by atoms with Crippen molar-refractivity contribution >= 4 is 23.7 Å². The minimum absolute atomic E-state index is 0.366. The van der Waals surface area contributed by atoms with Gasteiger partial charge in [-0.2, -0.15) is 0 Å². The fourth-order valence-corrected chi connectivity index (χ4v) is 2.50. The Morgan fingerprint density at radius 2 is 1.81 bits per heavy atom. The highest BCUT2D eigenvalue weighted by Gasteiger charge is 2.45. The monoisotopic (exact) mass is 362 g/mol. The van der Waals surface area contributed by atoms with Crippen LogP contribution in [0.25, 0.3) is 0 Å². The molecule has 0 radical (unpaired) electrons. The molecule has 1 aliphatic rings. The van der Waals surface area contributed by atoms with Gasteiger partial charge in [0, 0.05) is 5.56 Å². The SMILES string of the molecule is CCOc1ccc(C(=O)[C@H](C)OC(=O)CN2C(=O)NC(C)(C)C2=O)cc1. The average Bonchev–Trinajstić information content (AvgIpc) is 2.77. The largest absolute Gasteiger partial charge is 0.494 e.